The van der Waals surface area contributed by atoms with Crippen LogP contribution in [0.1, 0.15) is 36.0 Å². The van der Waals surface area contributed by atoms with Crippen molar-refractivity contribution in [1.82, 2.24) is 5.32 Å². The average Bonchev–Trinajstić information content (AvgIpc) is 3.38. The molecular formula is C31H34N2O4. The minimum Gasteiger partial charge on any atom is -0.494 e. The number of hydrogen-bond donors (Lipinski definition) is 2. The lowest BCUT2D eigenvalue weighted by molar-refractivity contribution is -0.126. The number of benzene rings is 3. The summed E-state index contributed by atoms with van der Waals surface area (Å²) in [6, 6.07) is 27.7. The highest BCUT2D eigenvalue weighted by molar-refractivity contribution is 6.00. The predicted octanol–water partition coefficient (Wildman–Crippen LogP) is 4.82. The Balaban J connectivity index is 1.44. The zero-order valence-corrected chi connectivity index (χ0v) is 21.0. The van der Waals surface area contributed by atoms with Gasteiger partial charge in [-0.1, -0.05) is 72.8 Å². The van der Waals surface area contributed by atoms with Crippen LogP contribution >= 0.6 is 0 Å². The number of aliphatic hydroxyl groups is 1. The molecule has 1 aliphatic rings. The van der Waals surface area contributed by atoms with Crippen molar-refractivity contribution in [2.24, 2.45) is 4.99 Å². The van der Waals surface area contributed by atoms with E-state index in [1.165, 1.54) is 5.56 Å². The Morgan fingerprint density at radius 3 is 2.46 bits per heavy atom. The highest BCUT2D eigenvalue weighted by Crippen LogP contribution is 2.28. The summed E-state index contributed by atoms with van der Waals surface area (Å²) >= 11 is 0. The van der Waals surface area contributed by atoms with Crippen molar-refractivity contribution in [3.8, 4) is 5.75 Å². The lowest BCUT2D eigenvalue weighted by atomic mass is 9.95. The van der Waals surface area contributed by atoms with Gasteiger partial charge >= 0.3 is 0 Å². The highest BCUT2D eigenvalue weighted by atomic mass is 16.5. The molecule has 1 atom stereocenters. The number of hydrogen-bond acceptors (Lipinski definition) is 5. The first kappa shape index (κ1) is 26.2. The van der Waals surface area contributed by atoms with Crippen molar-refractivity contribution in [2.75, 3.05) is 26.4 Å². The fraction of sp³-hybridized carbons (Fsp3) is 0.290. The third kappa shape index (κ3) is 7.54. The molecule has 0 saturated heterocycles. The molecule has 2 N–H and O–H groups in total. The van der Waals surface area contributed by atoms with Crippen LogP contribution in [0.25, 0.3) is 6.08 Å². The van der Waals surface area contributed by atoms with Crippen LogP contribution in [0.3, 0.4) is 0 Å². The van der Waals surface area contributed by atoms with E-state index in [1.54, 1.807) is 0 Å². The molecule has 0 fully saturated rings. The summed E-state index contributed by atoms with van der Waals surface area (Å²) in [7, 11) is 0. The van der Waals surface area contributed by atoms with E-state index in [4.69, 9.17) is 19.6 Å². The van der Waals surface area contributed by atoms with Gasteiger partial charge in [-0.2, -0.15) is 0 Å². The second-order valence-electron chi connectivity index (χ2n) is 9.05. The molecule has 1 aliphatic heterocycles. The molecule has 1 heterocycles. The van der Waals surface area contributed by atoms with E-state index in [-0.39, 0.29) is 19.1 Å². The first-order valence-electron chi connectivity index (χ1n) is 12.8. The van der Waals surface area contributed by atoms with E-state index < -0.39 is 5.54 Å². The Kier molecular flexibility index (Phi) is 9.49. The van der Waals surface area contributed by atoms with Gasteiger partial charge in [-0.05, 0) is 48.2 Å². The van der Waals surface area contributed by atoms with Gasteiger partial charge in [0.25, 0.3) is 5.91 Å². The predicted molar refractivity (Wildman–Crippen MR) is 147 cm³/mol. The molecular weight excluding hydrogens is 464 g/mol. The van der Waals surface area contributed by atoms with Crippen LogP contribution in [0.5, 0.6) is 5.75 Å². The summed E-state index contributed by atoms with van der Waals surface area (Å²) < 4.78 is 11.6. The summed E-state index contributed by atoms with van der Waals surface area (Å²) in [5.41, 5.74) is 2.09. The third-order valence-corrected chi connectivity index (χ3v) is 6.19. The van der Waals surface area contributed by atoms with Crippen molar-refractivity contribution in [2.45, 2.75) is 31.2 Å². The van der Waals surface area contributed by atoms with Crippen LogP contribution in [0.2, 0.25) is 0 Å². The van der Waals surface area contributed by atoms with Gasteiger partial charge in [-0.25, -0.2) is 4.99 Å². The van der Waals surface area contributed by atoms with Gasteiger partial charge in [-0.3, -0.25) is 4.79 Å². The molecule has 6 heteroatoms. The first-order chi connectivity index (χ1) is 18.2. The molecule has 0 radical (unpaired) electrons. The third-order valence-electron chi connectivity index (χ3n) is 6.19. The Morgan fingerprint density at radius 1 is 1.00 bits per heavy atom. The van der Waals surface area contributed by atoms with Gasteiger partial charge in [0.05, 0.1) is 6.61 Å². The van der Waals surface area contributed by atoms with Gasteiger partial charge in [0.2, 0.25) is 5.90 Å². The van der Waals surface area contributed by atoms with Gasteiger partial charge < -0.3 is 19.9 Å². The molecule has 192 valence electrons. The van der Waals surface area contributed by atoms with Crippen molar-refractivity contribution in [3.63, 3.8) is 0 Å². The molecule has 37 heavy (non-hydrogen) atoms. The van der Waals surface area contributed by atoms with Gasteiger partial charge in [0.1, 0.15) is 12.4 Å². The van der Waals surface area contributed by atoms with Crippen LogP contribution in [-0.4, -0.2) is 48.8 Å². The summed E-state index contributed by atoms with van der Waals surface area (Å²) in [5, 5.41) is 12.0. The molecule has 0 bridgehead atoms. The molecule has 0 aromatic heterocycles. The minimum absolute atomic E-state index is 0.0951. The fourth-order valence-electron chi connectivity index (χ4n) is 4.11. The van der Waals surface area contributed by atoms with E-state index in [0.29, 0.717) is 37.6 Å². The Morgan fingerprint density at radius 2 is 1.73 bits per heavy atom. The number of amides is 1. The van der Waals surface area contributed by atoms with Gasteiger partial charge in [0.15, 0.2) is 5.54 Å². The quantitative estimate of drug-likeness (QED) is 0.331. The number of aliphatic hydroxyl groups excluding tert-OH is 1. The van der Waals surface area contributed by atoms with E-state index in [2.05, 4.69) is 17.4 Å². The van der Waals surface area contributed by atoms with Crippen molar-refractivity contribution in [1.29, 1.82) is 0 Å². The maximum Gasteiger partial charge on any atom is 0.251 e. The van der Waals surface area contributed by atoms with Crippen molar-refractivity contribution >= 4 is 17.9 Å². The Labute approximate surface area is 218 Å². The molecule has 3 aromatic carbocycles. The van der Waals surface area contributed by atoms with Crippen molar-refractivity contribution < 1.29 is 19.4 Å². The van der Waals surface area contributed by atoms with Gasteiger partial charge in [-0.15, -0.1) is 0 Å². The lowest BCUT2D eigenvalue weighted by Gasteiger charge is -2.21. The molecule has 6 nitrogen and oxygen atoms in total. The summed E-state index contributed by atoms with van der Waals surface area (Å²) in [6.07, 6.45) is 6.76. The summed E-state index contributed by atoms with van der Waals surface area (Å²) in [5.74, 6) is 1.04. The molecule has 1 amide bonds. The molecule has 0 saturated carbocycles. The largest absolute Gasteiger partial charge is 0.494 e. The van der Waals surface area contributed by atoms with Crippen LogP contribution < -0.4 is 10.1 Å². The molecule has 0 unspecified atom stereocenters. The van der Waals surface area contributed by atoms with E-state index in [1.807, 2.05) is 84.9 Å². The second-order valence-corrected chi connectivity index (χ2v) is 9.05. The topological polar surface area (TPSA) is 80.2 Å². The van der Waals surface area contributed by atoms with Crippen LogP contribution in [0.15, 0.2) is 96.0 Å². The zero-order chi connectivity index (χ0) is 25.8. The summed E-state index contributed by atoms with van der Waals surface area (Å²) in [4.78, 5) is 18.2. The number of aryl methyl sites for hydroxylation is 1. The second kappa shape index (κ2) is 13.4. The molecule has 3 aromatic rings. The first-order valence-corrected chi connectivity index (χ1v) is 12.8. The number of nitrogens with one attached hydrogen (secondary N) is 1. The monoisotopic (exact) mass is 498 g/mol. The molecule has 0 aliphatic carbocycles. The van der Waals surface area contributed by atoms with E-state index in [9.17, 15) is 4.79 Å². The summed E-state index contributed by atoms with van der Waals surface area (Å²) in [6.45, 7) is 1.30. The fourth-order valence-corrected chi connectivity index (χ4v) is 4.11. The van der Waals surface area contributed by atoms with Crippen LogP contribution in [0.4, 0.5) is 0 Å². The standard InChI is InChI=1S/C31H34N2O4/c34-22-9-23-36-28-18-16-27(17-19-28)29-33-31(24-37-29,20-7-14-25-10-3-1-4-11-25)30(35)32-21-8-15-26-12-5-2-6-13-26/h1-7,10-14,16-19,34H,8-9,15,20-24H2,(H,32,35)/b14-7+/t31-/m1/s1. The number of ether oxygens (including phenoxy) is 2. The number of nitrogens with zero attached hydrogens (tertiary/aromatic N) is 1. The average molecular weight is 499 g/mol. The SMILES string of the molecule is O=C(NCCCc1ccccc1)[C@@]1(C/C=C/c2ccccc2)COC(c2ccc(OCCCO)cc2)=N1. The smallest absolute Gasteiger partial charge is 0.251 e. The number of rotatable bonds is 13. The molecule has 4 rings (SSSR count). The number of carbonyl (C=O) groups excluding carboxylic acids is 1. The molecule has 0 spiro atoms. The zero-order valence-electron chi connectivity index (χ0n) is 21.0. The lowest BCUT2D eigenvalue weighted by Crippen LogP contribution is -2.46. The van der Waals surface area contributed by atoms with Crippen LogP contribution in [-0.2, 0) is 16.0 Å². The number of carbonyl (C=O) groups is 1. The van der Waals surface area contributed by atoms with Crippen molar-refractivity contribution in [3.05, 3.63) is 108 Å². The Bertz CT molecular complexity index is 1180. The Hall–Kier alpha value is -3.90. The maximum absolute atomic E-state index is 13.4. The van der Waals surface area contributed by atoms with E-state index in [0.717, 1.165) is 24.0 Å². The maximum atomic E-state index is 13.4. The minimum atomic E-state index is -1.02. The highest BCUT2D eigenvalue weighted by Gasteiger charge is 2.43. The van der Waals surface area contributed by atoms with Crippen LogP contribution in [0, 0.1) is 0 Å². The van der Waals surface area contributed by atoms with Gasteiger partial charge in [0, 0.05) is 31.6 Å². The van der Waals surface area contributed by atoms with E-state index >= 15 is 0 Å². The normalized spacial score (nSPS) is 16.8. The number of aliphatic imine (C=N–C) groups is 1.